The minimum absolute atomic E-state index is 0.0836. The second-order valence-electron chi connectivity index (χ2n) is 5.84. The highest BCUT2D eigenvalue weighted by Gasteiger charge is 2.16. The van der Waals surface area contributed by atoms with Gasteiger partial charge in [0.1, 0.15) is 16.6 Å². The zero-order chi connectivity index (χ0) is 20.1. The largest absolute Gasteiger partial charge is 0.451 e. The molecular weight excluding hydrogens is 386 g/mol. The molecule has 0 bridgehead atoms. The predicted octanol–water partition coefficient (Wildman–Crippen LogP) is 4.45. The summed E-state index contributed by atoms with van der Waals surface area (Å²) < 4.78 is 31.3. The fraction of sp³-hybridized carbons (Fsp3) is 0.150. The number of anilines is 1. The van der Waals surface area contributed by atoms with Crippen molar-refractivity contribution in [3.63, 3.8) is 0 Å². The molecule has 1 aromatic heterocycles. The molecule has 0 aliphatic carbocycles. The summed E-state index contributed by atoms with van der Waals surface area (Å²) >= 11 is 1.29. The van der Waals surface area contributed by atoms with Crippen LogP contribution in [-0.2, 0) is 16.0 Å². The highest BCUT2D eigenvalue weighted by Crippen LogP contribution is 2.24. The van der Waals surface area contributed by atoms with E-state index < -0.39 is 30.1 Å². The molecule has 0 spiro atoms. The second-order valence-corrected chi connectivity index (χ2v) is 6.69. The summed E-state index contributed by atoms with van der Waals surface area (Å²) in [5.74, 6) is -3.18. The van der Waals surface area contributed by atoms with Crippen molar-refractivity contribution in [1.29, 1.82) is 0 Å². The first-order valence-electron chi connectivity index (χ1n) is 8.43. The van der Waals surface area contributed by atoms with Gasteiger partial charge in [0, 0.05) is 17.0 Å². The number of thiazole rings is 1. The molecule has 144 valence electrons. The van der Waals surface area contributed by atoms with Crippen LogP contribution in [0.4, 0.5) is 14.5 Å². The van der Waals surface area contributed by atoms with E-state index in [2.05, 4.69) is 17.2 Å². The Hall–Kier alpha value is -3.13. The molecule has 0 aliphatic heterocycles. The Labute approximate surface area is 164 Å². The van der Waals surface area contributed by atoms with Gasteiger partial charge in [-0.25, -0.2) is 18.6 Å². The third-order valence-corrected chi connectivity index (χ3v) is 4.75. The zero-order valence-electron chi connectivity index (χ0n) is 14.9. The van der Waals surface area contributed by atoms with Gasteiger partial charge in [-0.2, -0.15) is 0 Å². The molecule has 1 N–H and O–H groups in total. The lowest BCUT2D eigenvalue weighted by Crippen LogP contribution is -2.21. The van der Waals surface area contributed by atoms with Crippen LogP contribution in [0.1, 0.15) is 23.0 Å². The van der Waals surface area contributed by atoms with Gasteiger partial charge in [-0.15, -0.1) is 11.3 Å². The minimum Gasteiger partial charge on any atom is -0.451 e. The van der Waals surface area contributed by atoms with E-state index in [1.54, 1.807) is 5.38 Å². The van der Waals surface area contributed by atoms with Crippen molar-refractivity contribution in [2.24, 2.45) is 0 Å². The quantitative estimate of drug-likeness (QED) is 0.619. The molecule has 0 fully saturated rings. The Morgan fingerprint density at radius 3 is 2.57 bits per heavy atom. The van der Waals surface area contributed by atoms with Gasteiger partial charge in [0.05, 0.1) is 5.69 Å². The fourth-order valence-corrected chi connectivity index (χ4v) is 3.16. The summed E-state index contributed by atoms with van der Waals surface area (Å²) in [5.41, 5.74) is 1.96. The molecule has 8 heteroatoms. The second kappa shape index (κ2) is 8.71. The number of benzene rings is 2. The topological polar surface area (TPSA) is 68.3 Å². The summed E-state index contributed by atoms with van der Waals surface area (Å²) in [4.78, 5) is 28.1. The molecule has 0 atom stereocenters. The van der Waals surface area contributed by atoms with Crippen molar-refractivity contribution in [3.8, 4) is 10.6 Å². The van der Waals surface area contributed by atoms with Crippen LogP contribution in [0.2, 0.25) is 0 Å². The van der Waals surface area contributed by atoms with Crippen LogP contribution in [0.5, 0.6) is 0 Å². The lowest BCUT2D eigenvalue weighted by Gasteiger charge is -2.06. The van der Waals surface area contributed by atoms with Gasteiger partial charge in [0.15, 0.2) is 12.3 Å². The van der Waals surface area contributed by atoms with Crippen LogP contribution in [0, 0.1) is 11.6 Å². The number of aromatic nitrogens is 1. The number of carbonyl (C=O) groups is 2. The van der Waals surface area contributed by atoms with E-state index in [4.69, 9.17) is 4.74 Å². The first kappa shape index (κ1) is 19.6. The number of aryl methyl sites for hydroxylation is 1. The van der Waals surface area contributed by atoms with Crippen LogP contribution >= 0.6 is 11.3 Å². The maximum atomic E-state index is 13.5. The number of nitrogens with zero attached hydrogens (tertiary/aromatic N) is 1. The number of carbonyl (C=O) groups excluding carboxylic acids is 2. The van der Waals surface area contributed by atoms with Crippen LogP contribution < -0.4 is 5.32 Å². The molecule has 1 amide bonds. The molecule has 1 heterocycles. The summed E-state index contributed by atoms with van der Waals surface area (Å²) in [6, 6.07) is 10.6. The number of hydrogen-bond donors (Lipinski definition) is 1. The minimum atomic E-state index is -0.919. The van der Waals surface area contributed by atoms with E-state index in [1.807, 2.05) is 24.3 Å². The van der Waals surface area contributed by atoms with Crippen LogP contribution in [0.25, 0.3) is 10.6 Å². The molecule has 3 rings (SSSR count). The predicted molar refractivity (Wildman–Crippen MR) is 102 cm³/mol. The molecule has 5 nitrogen and oxygen atoms in total. The van der Waals surface area contributed by atoms with Crippen molar-refractivity contribution in [1.82, 2.24) is 4.98 Å². The number of rotatable bonds is 6. The lowest BCUT2D eigenvalue weighted by atomic mass is 10.1. The molecule has 0 saturated heterocycles. The third-order valence-electron chi connectivity index (χ3n) is 3.86. The number of halogens is 2. The molecular formula is C20H16F2N2O3S. The molecule has 28 heavy (non-hydrogen) atoms. The first-order valence-corrected chi connectivity index (χ1v) is 9.31. The number of nitrogens with one attached hydrogen (secondary N) is 1. The van der Waals surface area contributed by atoms with E-state index >= 15 is 0 Å². The van der Waals surface area contributed by atoms with Gasteiger partial charge < -0.3 is 10.1 Å². The van der Waals surface area contributed by atoms with Crippen molar-refractivity contribution in [3.05, 3.63) is 70.7 Å². The summed E-state index contributed by atoms with van der Waals surface area (Å²) in [6.07, 6.45) is 0.930. The average molecular weight is 402 g/mol. The number of ether oxygens (including phenoxy) is 1. The maximum absolute atomic E-state index is 13.5. The Morgan fingerprint density at radius 1 is 1.14 bits per heavy atom. The maximum Gasteiger partial charge on any atom is 0.358 e. The molecule has 2 aromatic carbocycles. The SMILES string of the molecule is CCc1ccc(-c2nc(C(=O)OCC(=O)Nc3ccc(F)cc3F)cs2)cc1. The Kier molecular flexibility index (Phi) is 6.10. The number of amides is 1. The van der Waals surface area contributed by atoms with Crippen LogP contribution in [-0.4, -0.2) is 23.5 Å². The Morgan fingerprint density at radius 2 is 1.89 bits per heavy atom. The van der Waals surface area contributed by atoms with Gasteiger partial charge >= 0.3 is 5.97 Å². The van der Waals surface area contributed by atoms with E-state index in [1.165, 1.54) is 16.9 Å². The molecule has 0 saturated carbocycles. The summed E-state index contributed by atoms with van der Waals surface area (Å²) in [7, 11) is 0. The molecule has 0 unspecified atom stereocenters. The highest BCUT2D eigenvalue weighted by atomic mass is 32.1. The standard InChI is InChI=1S/C20H16F2N2O3S/c1-2-12-3-5-13(6-4-12)19-24-17(11-28-19)20(26)27-10-18(25)23-16-8-7-14(21)9-15(16)22/h3-9,11H,2,10H2,1H3,(H,23,25). The molecule has 0 aliphatic rings. The smallest absolute Gasteiger partial charge is 0.358 e. The number of esters is 1. The average Bonchev–Trinajstić information content (AvgIpc) is 3.19. The van der Waals surface area contributed by atoms with Gasteiger partial charge in [0.25, 0.3) is 5.91 Å². The van der Waals surface area contributed by atoms with Gasteiger partial charge in [0.2, 0.25) is 0 Å². The van der Waals surface area contributed by atoms with Crippen molar-refractivity contribution < 1.29 is 23.1 Å². The monoisotopic (exact) mass is 402 g/mol. The first-order chi connectivity index (χ1) is 13.5. The Bertz CT molecular complexity index is 1000. The Balaban J connectivity index is 1.57. The van der Waals surface area contributed by atoms with Gasteiger partial charge in [-0.3, -0.25) is 4.79 Å². The van der Waals surface area contributed by atoms with Crippen LogP contribution in [0.3, 0.4) is 0 Å². The van der Waals surface area contributed by atoms with Crippen molar-refractivity contribution in [2.75, 3.05) is 11.9 Å². The van der Waals surface area contributed by atoms with E-state index in [0.29, 0.717) is 11.1 Å². The van der Waals surface area contributed by atoms with E-state index in [-0.39, 0.29) is 11.4 Å². The third kappa shape index (κ3) is 4.77. The normalized spacial score (nSPS) is 10.5. The molecule has 0 radical (unpaired) electrons. The van der Waals surface area contributed by atoms with Crippen molar-refractivity contribution >= 4 is 28.9 Å². The summed E-state index contributed by atoms with van der Waals surface area (Å²) in [5, 5.41) is 4.41. The fourth-order valence-electron chi connectivity index (χ4n) is 2.37. The van der Waals surface area contributed by atoms with Crippen molar-refractivity contribution in [2.45, 2.75) is 13.3 Å². The zero-order valence-corrected chi connectivity index (χ0v) is 15.7. The van der Waals surface area contributed by atoms with E-state index in [9.17, 15) is 18.4 Å². The van der Waals surface area contributed by atoms with Crippen LogP contribution in [0.15, 0.2) is 47.8 Å². The lowest BCUT2D eigenvalue weighted by molar-refractivity contribution is -0.119. The highest BCUT2D eigenvalue weighted by molar-refractivity contribution is 7.13. The number of hydrogen-bond acceptors (Lipinski definition) is 5. The van der Waals surface area contributed by atoms with Gasteiger partial charge in [-0.05, 0) is 24.1 Å². The van der Waals surface area contributed by atoms with Gasteiger partial charge in [-0.1, -0.05) is 31.2 Å². The van der Waals surface area contributed by atoms with E-state index in [0.717, 1.165) is 24.1 Å². The molecule has 3 aromatic rings. The summed E-state index contributed by atoms with van der Waals surface area (Å²) in [6.45, 7) is 1.45.